The van der Waals surface area contributed by atoms with Crippen molar-refractivity contribution in [3.8, 4) is 0 Å². The highest BCUT2D eigenvalue weighted by Crippen LogP contribution is 2.26. The van der Waals surface area contributed by atoms with E-state index in [4.69, 9.17) is 4.74 Å². The van der Waals surface area contributed by atoms with Gasteiger partial charge in [-0.1, -0.05) is 26.8 Å². The van der Waals surface area contributed by atoms with Crippen molar-refractivity contribution in [2.24, 2.45) is 11.3 Å². The first-order chi connectivity index (χ1) is 6.87. The predicted molar refractivity (Wildman–Crippen MR) is 60.4 cm³/mol. The van der Waals surface area contributed by atoms with E-state index in [9.17, 15) is 9.90 Å². The molecule has 0 aliphatic heterocycles. The van der Waals surface area contributed by atoms with Crippen LogP contribution in [-0.2, 0) is 9.53 Å². The van der Waals surface area contributed by atoms with Gasteiger partial charge in [0.2, 0.25) is 0 Å². The quantitative estimate of drug-likeness (QED) is 0.563. The number of hydrogen-bond acceptors (Lipinski definition) is 3. The average Bonchev–Trinajstić information content (AvgIpc) is 2.23. The minimum atomic E-state index is -0.357. The van der Waals surface area contributed by atoms with E-state index < -0.39 is 0 Å². The highest BCUT2D eigenvalue weighted by molar-refractivity contribution is 5.87. The Labute approximate surface area is 92.1 Å². The first-order valence-corrected chi connectivity index (χ1v) is 5.28. The molecule has 1 unspecified atom stereocenters. The highest BCUT2D eigenvalue weighted by Gasteiger charge is 2.29. The number of esters is 1. The smallest absolute Gasteiger partial charge is 0.333 e. The summed E-state index contributed by atoms with van der Waals surface area (Å²) < 4.78 is 5.14. The molecule has 0 saturated heterocycles. The Balaban J connectivity index is 4.31. The Morgan fingerprint density at radius 3 is 2.40 bits per heavy atom. The average molecular weight is 214 g/mol. The molecule has 0 heterocycles. The maximum absolute atomic E-state index is 11.4. The zero-order chi connectivity index (χ0) is 12.1. The van der Waals surface area contributed by atoms with Crippen LogP contribution in [0.25, 0.3) is 0 Å². The van der Waals surface area contributed by atoms with Gasteiger partial charge in [0.1, 0.15) is 0 Å². The summed E-state index contributed by atoms with van der Waals surface area (Å²) in [4.78, 5) is 11.4. The van der Waals surface area contributed by atoms with Crippen molar-refractivity contribution in [3.05, 3.63) is 11.6 Å². The summed E-state index contributed by atoms with van der Waals surface area (Å²) in [6, 6.07) is 0. The summed E-state index contributed by atoms with van der Waals surface area (Å²) in [6.45, 7) is 9.71. The zero-order valence-corrected chi connectivity index (χ0v) is 10.3. The fourth-order valence-electron chi connectivity index (χ4n) is 0.857. The number of rotatable bonds is 5. The summed E-state index contributed by atoms with van der Waals surface area (Å²) in [5.41, 5.74) is 0.239. The maximum Gasteiger partial charge on any atom is 0.333 e. The van der Waals surface area contributed by atoms with Crippen molar-refractivity contribution >= 4 is 5.97 Å². The number of hydrogen-bond donors (Lipinski definition) is 1. The van der Waals surface area contributed by atoms with Crippen LogP contribution in [0.3, 0.4) is 0 Å². The van der Waals surface area contributed by atoms with Gasteiger partial charge in [-0.05, 0) is 19.8 Å². The number of allylic oxidation sites excluding steroid dienone is 1. The molecule has 1 atom stereocenters. The van der Waals surface area contributed by atoms with Crippen LogP contribution in [0.4, 0.5) is 0 Å². The fourth-order valence-corrected chi connectivity index (χ4v) is 0.857. The van der Waals surface area contributed by atoms with Gasteiger partial charge in [0.15, 0.2) is 0 Å². The Kier molecular flexibility index (Phi) is 5.58. The van der Waals surface area contributed by atoms with Gasteiger partial charge >= 0.3 is 5.97 Å². The van der Waals surface area contributed by atoms with E-state index in [-0.39, 0.29) is 30.5 Å². The van der Waals surface area contributed by atoms with Crippen LogP contribution in [0.5, 0.6) is 0 Å². The van der Waals surface area contributed by atoms with Crippen molar-refractivity contribution in [1.29, 1.82) is 0 Å². The van der Waals surface area contributed by atoms with Crippen LogP contribution in [-0.4, -0.2) is 24.3 Å². The molecule has 3 heteroatoms. The molecule has 0 amide bonds. The Bertz CT molecular complexity index is 243. The molecule has 88 valence electrons. The molecule has 0 aromatic carbocycles. The van der Waals surface area contributed by atoms with Crippen molar-refractivity contribution in [1.82, 2.24) is 0 Å². The molecule has 0 aliphatic carbocycles. The van der Waals surface area contributed by atoms with Crippen molar-refractivity contribution in [2.45, 2.75) is 34.6 Å². The SMILES string of the molecule is CC=C(C)C(=O)OCC(C)(CO)C(C)C. The van der Waals surface area contributed by atoms with E-state index in [2.05, 4.69) is 0 Å². The lowest BCUT2D eigenvalue weighted by Gasteiger charge is -2.30. The van der Waals surface area contributed by atoms with Gasteiger partial charge in [-0.25, -0.2) is 4.79 Å². The second kappa shape index (κ2) is 5.91. The van der Waals surface area contributed by atoms with Gasteiger partial charge in [0.25, 0.3) is 0 Å². The fraction of sp³-hybridized carbons (Fsp3) is 0.750. The summed E-state index contributed by atoms with van der Waals surface area (Å²) in [5.74, 6) is -0.0426. The number of aliphatic hydroxyl groups excluding tert-OH is 1. The van der Waals surface area contributed by atoms with E-state index in [1.807, 2.05) is 20.8 Å². The van der Waals surface area contributed by atoms with Crippen LogP contribution in [0.2, 0.25) is 0 Å². The lowest BCUT2D eigenvalue weighted by atomic mass is 9.81. The number of carbonyl (C=O) groups excluding carboxylic acids is 1. The molecule has 0 radical (unpaired) electrons. The van der Waals surface area contributed by atoms with E-state index in [1.54, 1.807) is 19.9 Å². The highest BCUT2D eigenvalue weighted by atomic mass is 16.5. The Hall–Kier alpha value is -0.830. The first kappa shape index (κ1) is 14.2. The van der Waals surface area contributed by atoms with Crippen LogP contribution in [0, 0.1) is 11.3 Å². The molecule has 0 aromatic rings. The molecule has 1 N–H and O–H groups in total. The number of carbonyl (C=O) groups is 1. The van der Waals surface area contributed by atoms with E-state index in [0.717, 1.165) is 0 Å². The van der Waals surface area contributed by atoms with Crippen LogP contribution < -0.4 is 0 Å². The number of aliphatic hydroxyl groups is 1. The third kappa shape index (κ3) is 4.04. The van der Waals surface area contributed by atoms with E-state index in [0.29, 0.717) is 5.57 Å². The molecule has 0 aliphatic rings. The van der Waals surface area contributed by atoms with Gasteiger partial charge in [-0.15, -0.1) is 0 Å². The second-order valence-electron chi connectivity index (χ2n) is 4.51. The Morgan fingerprint density at radius 2 is 2.07 bits per heavy atom. The van der Waals surface area contributed by atoms with E-state index >= 15 is 0 Å². The van der Waals surface area contributed by atoms with Gasteiger partial charge < -0.3 is 9.84 Å². The molecule has 0 rings (SSSR count). The zero-order valence-electron chi connectivity index (χ0n) is 10.3. The molecule has 0 fully saturated rings. The van der Waals surface area contributed by atoms with Crippen LogP contribution >= 0.6 is 0 Å². The molecular formula is C12H22O3. The molecule has 0 aromatic heterocycles. The second-order valence-corrected chi connectivity index (χ2v) is 4.51. The third-order valence-corrected chi connectivity index (χ3v) is 3.04. The molecule has 0 saturated carbocycles. The first-order valence-electron chi connectivity index (χ1n) is 5.28. The van der Waals surface area contributed by atoms with Gasteiger partial charge in [0, 0.05) is 11.0 Å². The van der Waals surface area contributed by atoms with E-state index in [1.165, 1.54) is 0 Å². The normalized spacial score (nSPS) is 16.3. The maximum atomic E-state index is 11.4. The topological polar surface area (TPSA) is 46.5 Å². The molecular weight excluding hydrogens is 192 g/mol. The molecule has 0 spiro atoms. The monoisotopic (exact) mass is 214 g/mol. The summed E-state index contributed by atoms with van der Waals surface area (Å²) in [6.07, 6.45) is 1.72. The minimum absolute atomic E-state index is 0.0207. The van der Waals surface area contributed by atoms with Crippen molar-refractivity contribution in [3.63, 3.8) is 0 Å². The summed E-state index contributed by atoms with van der Waals surface area (Å²) >= 11 is 0. The molecule has 3 nitrogen and oxygen atoms in total. The van der Waals surface area contributed by atoms with Crippen molar-refractivity contribution in [2.75, 3.05) is 13.2 Å². The largest absolute Gasteiger partial charge is 0.462 e. The van der Waals surface area contributed by atoms with Crippen LogP contribution in [0.15, 0.2) is 11.6 Å². The van der Waals surface area contributed by atoms with Gasteiger partial charge in [0.05, 0.1) is 13.2 Å². The Morgan fingerprint density at radius 1 is 1.53 bits per heavy atom. The third-order valence-electron chi connectivity index (χ3n) is 3.04. The van der Waals surface area contributed by atoms with Crippen molar-refractivity contribution < 1.29 is 14.6 Å². The summed E-state index contributed by atoms with van der Waals surface area (Å²) in [7, 11) is 0. The predicted octanol–water partition coefficient (Wildman–Crippen LogP) is 2.15. The molecule has 15 heavy (non-hydrogen) atoms. The van der Waals surface area contributed by atoms with Gasteiger partial charge in [-0.2, -0.15) is 0 Å². The lowest BCUT2D eigenvalue weighted by molar-refractivity contribution is -0.144. The standard InChI is InChI=1S/C12H22O3/c1-6-10(4)11(14)15-8-12(5,7-13)9(2)3/h6,9,13H,7-8H2,1-5H3. The lowest BCUT2D eigenvalue weighted by Crippen LogP contribution is -2.34. The molecule has 0 bridgehead atoms. The number of ether oxygens (including phenoxy) is 1. The van der Waals surface area contributed by atoms with Gasteiger partial charge in [-0.3, -0.25) is 0 Å². The summed E-state index contributed by atoms with van der Waals surface area (Å²) in [5, 5.41) is 9.26. The van der Waals surface area contributed by atoms with Crippen LogP contribution in [0.1, 0.15) is 34.6 Å². The minimum Gasteiger partial charge on any atom is -0.462 e.